The van der Waals surface area contributed by atoms with Crippen molar-refractivity contribution in [2.24, 2.45) is 11.3 Å². The number of sulfone groups is 1. The second-order valence-corrected chi connectivity index (χ2v) is 9.19. The number of nitrogens with zero attached hydrogens (tertiary/aromatic N) is 1. The van der Waals surface area contributed by atoms with Gasteiger partial charge in [0.05, 0.1) is 11.5 Å². The molecule has 3 fully saturated rings. The number of nitrogens with one attached hydrogen (secondary N) is 1. The van der Waals surface area contributed by atoms with Crippen LogP contribution >= 0.6 is 0 Å². The second-order valence-electron chi connectivity index (χ2n) is 6.96. The fourth-order valence-electron chi connectivity index (χ4n) is 4.11. The van der Waals surface area contributed by atoms with Crippen molar-refractivity contribution >= 4 is 15.7 Å². The van der Waals surface area contributed by atoms with Gasteiger partial charge in [0.2, 0.25) is 5.91 Å². The highest BCUT2D eigenvalue weighted by Gasteiger charge is 2.59. The van der Waals surface area contributed by atoms with Crippen molar-refractivity contribution in [1.82, 2.24) is 10.2 Å². The molecule has 0 aromatic carbocycles. The fourth-order valence-corrected chi connectivity index (χ4v) is 5.84. The van der Waals surface area contributed by atoms with E-state index in [-0.39, 0.29) is 34.8 Å². The van der Waals surface area contributed by atoms with E-state index in [0.29, 0.717) is 13.0 Å². The molecule has 120 valence electrons. The lowest BCUT2D eigenvalue weighted by molar-refractivity contribution is -0.135. The highest BCUT2D eigenvalue weighted by atomic mass is 32.2. The third-order valence-electron chi connectivity index (χ3n) is 5.48. The van der Waals surface area contributed by atoms with E-state index in [2.05, 4.69) is 12.2 Å². The Morgan fingerprint density at radius 1 is 1.33 bits per heavy atom. The minimum absolute atomic E-state index is 0.0817. The van der Waals surface area contributed by atoms with E-state index in [4.69, 9.17) is 0 Å². The van der Waals surface area contributed by atoms with Crippen molar-refractivity contribution in [3.63, 3.8) is 0 Å². The van der Waals surface area contributed by atoms with Crippen LogP contribution in [0.2, 0.25) is 0 Å². The summed E-state index contributed by atoms with van der Waals surface area (Å²) in [6.07, 6.45) is 4.70. The zero-order valence-corrected chi connectivity index (χ0v) is 13.6. The minimum atomic E-state index is -2.93. The summed E-state index contributed by atoms with van der Waals surface area (Å²) >= 11 is 0. The zero-order chi connectivity index (χ0) is 15.1. The Morgan fingerprint density at radius 3 is 2.62 bits per heavy atom. The SMILES string of the molecule is CCCN(C(=O)C1CC12CCNCC2)C1CCS(=O)(=O)C1. The van der Waals surface area contributed by atoms with Crippen LogP contribution in [0.4, 0.5) is 0 Å². The quantitative estimate of drug-likeness (QED) is 0.833. The highest BCUT2D eigenvalue weighted by Crippen LogP contribution is 2.59. The molecule has 1 spiro atoms. The third-order valence-corrected chi connectivity index (χ3v) is 7.23. The predicted molar refractivity (Wildman–Crippen MR) is 81.7 cm³/mol. The number of amides is 1. The first-order valence-corrected chi connectivity index (χ1v) is 10.0. The molecule has 2 saturated heterocycles. The van der Waals surface area contributed by atoms with Crippen molar-refractivity contribution in [3.05, 3.63) is 0 Å². The van der Waals surface area contributed by atoms with Gasteiger partial charge in [-0.25, -0.2) is 8.42 Å². The summed E-state index contributed by atoms with van der Waals surface area (Å²) in [5, 5.41) is 3.36. The molecule has 5 nitrogen and oxygen atoms in total. The lowest BCUT2D eigenvalue weighted by Crippen LogP contribution is -2.44. The van der Waals surface area contributed by atoms with Gasteiger partial charge in [-0.2, -0.15) is 0 Å². The van der Waals surface area contributed by atoms with Gasteiger partial charge in [-0.1, -0.05) is 6.92 Å². The van der Waals surface area contributed by atoms with E-state index in [0.717, 1.165) is 38.8 Å². The van der Waals surface area contributed by atoms with Crippen LogP contribution in [-0.4, -0.2) is 56.4 Å². The van der Waals surface area contributed by atoms with Crippen LogP contribution in [-0.2, 0) is 14.6 Å². The van der Waals surface area contributed by atoms with Crippen molar-refractivity contribution < 1.29 is 13.2 Å². The Bertz CT molecular complexity index is 511. The average Bonchev–Trinajstić information content (AvgIpc) is 3.01. The maximum Gasteiger partial charge on any atom is 0.226 e. The lowest BCUT2D eigenvalue weighted by atomic mass is 9.91. The molecule has 3 rings (SSSR count). The molecular weight excluding hydrogens is 288 g/mol. The molecule has 1 saturated carbocycles. The van der Waals surface area contributed by atoms with Gasteiger partial charge in [0.15, 0.2) is 9.84 Å². The maximum absolute atomic E-state index is 12.9. The van der Waals surface area contributed by atoms with E-state index >= 15 is 0 Å². The Morgan fingerprint density at radius 2 is 2.05 bits per heavy atom. The minimum Gasteiger partial charge on any atom is -0.338 e. The first-order chi connectivity index (χ1) is 9.97. The van der Waals surface area contributed by atoms with Gasteiger partial charge >= 0.3 is 0 Å². The zero-order valence-electron chi connectivity index (χ0n) is 12.8. The van der Waals surface area contributed by atoms with Crippen molar-refractivity contribution in [2.75, 3.05) is 31.1 Å². The van der Waals surface area contributed by atoms with Gasteiger partial charge in [-0.05, 0) is 50.6 Å². The standard InChI is InChI=1S/C15H26N2O3S/c1-2-8-17(12-3-9-21(19,20)11-12)14(18)13-10-15(13)4-6-16-7-5-15/h12-13,16H,2-11H2,1H3. The molecule has 6 heteroatoms. The lowest BCUT2D eigenvalue weighted by Gasteiger charge is -2.30. The molecule has 1 aliphatic carbocycles. The Balaban J connectivity index is 1.68. The maximum atomic E-state index is 12.9. The first kappa shape index (κ1) is 15.3. The molecule has 1 amide bonds. The Labute approximate surface area is 127 Å². The summed E-state index contributed by atoms with van der Waals surface area (Å²) in [4.78, 5) is 14.8. The molecule has 2 heterocycles. The summed E-state index contributed by atoms with van der Waals surface area (Å²) in [7, 11) is -2.93. The van der Waals surface area contributed by atoms with E-state index < -0.39 is 9.84 Å². The smallest absolute Gasteiger partial charge is 0.226 e. The monoisotopic (exact) mass is 314 g/mol. The number of carbonyl (C=O) groups excluding carboxylic acids is 1. The second kappa shape index (κ2) is 5.54. The van der Waals surface area contributed by atoms with Gasteiger partial charge in [0.25, 0.3) is 0 Å². The fraction of sp³-hybridized carbons (Fsp3) is 0.933. The molecule has 2 unspecified atom stereocenters. The molecule has 0 radical (unpaired) electrons. The van der Waals surface area contributed by atoms with Crippen LogP contribution in [0.5, 0.6) is 0 Å². The van der Waals surface area contributed by atoms with Gasteiger partial charge in [0, 0.05) is 18.5 Å². The number of rotatable bonds is 4. The van der Waals surface area contributed by atoms with Gasteiger partial charge in [-0.15, -0.1) is 0 Å². The van der Waals surface area contributed by atoms with Crippen LogP contribution in [0.25, 0.3) is 0 Å². The average molecular weight is 314 g/mol. The van der Waals surface area contributed by atoms with Crippen LogP contribution in [0, 0.1) is 11.3 Å². The van der Waals surface area contributed by atoms with E-state index in [1.54, 1.807) is 0 Å². The molecule has 1 N–H and O–H groups in total. The molecular formula is C15H26N2O3S. The summed E-state index contributed by atoms with van der Waals surface area (Å²) in [6, 6.07) is -0.0817. The summed E-state index contributed by atoms with van der Waals surface area (Å²) in [5.74, 6) is 0.778. The molecule has 0 bridgehead atoms. The Kier molecular flexibility index (Phi) is 4.03. The number of hydrogen-bond acceptors (Lipinski definition) is 4. The molecule has 21 heavy (non-hydrogen) atoms. The molecule has 2 aliphatic heterocycles. The van der Waals surface area contributed by atoms with Crippen molar-refractivity contribution in [3.8, 4) is 0 Å². The van der Waals surface area contributed by atoms with Crippen LogP contribution in [0.1, 0.15) is 39.0 Å². The number of piperidine rings is 1. The van der Waals surface area contributed by atoms with Crippen molar-refractivity contribution in [1.29, 1.82) is 0 Å². The summed E-state index contributed by atoms with van der Waals surface area (Å²) < 4.78 is 23.4. The van der Waals surface area contributed by atoms with E-state index in [9.17, 15) is 13.2 Å². The largest absolute Gasteiger partial charge is 0.338 e. The van der Waals surface area contributed by atoms with Gasteiger partial charge in [0.1, 0.15) is 0 Å². The topological polar surface area (TPSA) is 66.5 Å². The van der Waals surface area contributed by atoms with Gasteiger partial charge in [-0.3, -0.25) is 4.79 Å². The molecule has 0 aromatic rings. The van der Waals surface area contributed by atoms with Crippen LogP contribution < -0.4 is 5.32 Å². The summed E-state index contributed by atoms with van der Waals surface area (Å²) in [5.41, 5.74) is 0.228. The van der Waals surface area contributed by atoms with Gasteiger partial charge < -0.3 is 10.2 Å². The van der Waals surface area contributed by atoms with Crippen LogP contribution in [0.3, 0.4) is 0 Å². The van der Waals surface area contributed by atoms with Crippen LogP contribution in [0.15, 0.2) is 0 Å². The Hall–Kier alpha value is -0.620. The predicted octanol–water partition coefficient (Wildman–Crippen LogP) is 0.802. The highest BCUT2D eigenvalue weighted by molar-refractivity contribution is 7.91. The third kappa shape index (κ3) is 2.97. The molecule has 3 aliphatic rings. The molecule has 0 aromatic heterocycles. The van der Waals surface area contributed by atoms with E-state index in [1.165, 1.54) is 0 Å². The number of hydrogen-bond donors (Lipinski definition) is 1. The molecule has 2 atom stereocenters. The normalized spacial score (nSPS) is 33.0. The van der Waals surface area contributed by atoms with E-state index in [1.807, 2.05) is 4.90 Å². The van der Waals surface area contributed by atoms with Crippen molar-refractivity contribution in [2.45, 2.75) is 45.1 Å². The number of carbonyl (C=O) groups is 1. The first-order valence-electron chi connectivity index (χ1n) is 8.19. The summed E-state index contributed by atoms with van der Waals surface area (Å²) in [6.45, 7) is 4.77.